The minimum Gasteiger partial charge on any atom is -0.381 e. The van der Waals surface area contributed by atoms with E-state index in [1.54, 1.807) is 0 Å². The molecule has 1 aliphatic heterocycles. The van der Waals surface area contributed by atoms with E-state index in [1.165, 1.54) is 24.2 Å². The van der Waals surface area contributed by atoms with Gasteiger partial charge in [-0.05, 0) is 31.9 Å². The van der Waals surface area contributed by atoms with Crippen LogP contribution in [0.2, 0.25) is 5.02 Å². The van der Waals surface area contributed by atoms with E-state index in [-0.39, 0.29) is 0 Å². The van der Waals surface area contributed by atoms with Gasteiger partial charge < -0.3 is 10.2 Å². The minimum atomic E-state index is 0.368. The molecule has 3 heteroatoms. The topological polar surface area (TPSA) is 15.3 Å². The molecule has 15 heavy (non-hydrogen) atoms. The summed E-state index contributed by atoms with van der Waals surface area (Å²) < 4.78 is 0. The smallest absolute Gasteiger partial charge is 0.0796 e. The molecule has 2 nitrogen and oxygen atoms in total. The molecule has 0 amide bonds. The summed E-state index contributed by atoms with van der Waals surface area (Å²) >= 11 is 6.29. The molecular weight excluding hydrogens is 208 g/mol. The third-order valence-electron chi connectivity index (χ3n) is 3.58. The summed E-state index contributed by atoms with van der Waals surface area (Å²) in [5.41, 5.74) is 2.75. The maximum Gasteiger partial charge on any atom is 0.0796 e. The largest absolute Gasteiger partial charge is 0.381 e. The number of anilines is 2. The predicted molar refractivity (Wildman–Crippen MR) is 64.9 cm³/mol. The Balaban J connectivity index is 2.12. The van der Waals surface area contributed by atoms with E-state index in [4.69, 9.17) is 11.6 Å². The van der Waals surface area contributed by atoms with Crippen molar-refractivity contribution in [1.82, 2.24) is 0 Å². The van der Waals surface area contributed by atoms with Gasteiger partial charge in [0, 0.05) is 13.1 Å². The van der Waals surface area contributed by atoms with E-state index in [0.717, 1.165) is 18.1 Å². The fraction of sp³-hybridized carbons (Fsp3) is 0.500. The van der Waals surface area contributed by atoms with Gasteiger partial charge in [0.2, 0.25) is 0 Å². The van der Waals surface area contributed by atoms with Crippen molar-refractivity contribution in [3.05, 3.63) is 23.2 Å². The fourth-order valence-corrected chi connectivity index (χ4v) is 2.89. The molecule has 1 aliphatic carbocycles. The highest BCUT2D eigenvalue weighted by atomic mass is 35.5. The average Bonchev–Trinajstić information content (AvgIpc) is 3.00. The third-order valence-corrected chi connectivity index (χ3v) is 3.89. The Bertz CT molecular complexity index is 399. The van der Waals surface area contributed by atoms with Gasteiger partial charge in [0.1, 0.15) is 0 Å². The van der Waals surface area contributed by atoms with Gasteiger partial charge in [0.05, 0.1) is 21.9 Å². The number of nitrogens with zero attached hydrogens (tertiary/aromatic N) is 1. The molecule has 3 rings (SSSR count). The highest BCUT2D eigenvalue weighted by Crippen LogP contribution is 2.51. The van der Waals surface area contributed by atoms with Crippen LogP contribution < -0.4 is 10.2 Å². The molecule has 1 N–H and O–H groups in total. The Morgan fingerprint density at radius 3 is 2.93 bits per heavy atom. The second-order valence-electron chi connectivity index (χ2n) is 4.46. The fourth-order valence-electron chi connectivity index (χ4n) is 2.61. The van der Waals surface area contributed by atoms with E-state index in [0.29, 0.717) is 5.54 Å². The summed E-state index contributed by atoms with van der Waals surface area (Å²) in [4.78, 5) is 2.47. The van der Waals surface area contributed by atoms with E-state index >= 15 is 0 Å². The van der Waals surface area contributed by atoms with Gasteiger partial charge >= 0.3 is 0 Å². The molecule has 2 aliphatic rings. The lowest BCUT2D eigenvalue weighted by atomic mass is 10.1. The first-order valence-corrected chi connectivity index (χ1v) is 5.95. The van der Waals surface area contributed by atoms with Gasteiger partial charge in [-0.3, -0.25) is 0 Å². The van der Waals surface area contributed by atoms with Crippen molar-refractivity contribution in [3.63, 3.8) is 0 Å². The van der Waals surface area contributed by atoms with Crippen LogP contribution in [-0.4, -0.2) is 18.6 Å². The molecule has 1 heterocycles. The number of rotatable bonds is 1. The highest BCUT2D eigenvalue weighted by Gasteiger charge is 2.50. The van der Waals surface area contributed by atoms with E-state index in [9.17, 15) is 0 Å². The molecule has 0 saturated heterocycles. The number of hydrogen-bond donors (Lipinski definition) is 1. The molecule has 0 aromatic heterocycles. The molecule has 0 radical (unpaired) electrons. The molecule has 80 valence electrons. The lowest BCUT2D eigenvalue weighted by Gasteiger charge is -2.40. The molecular formula is C12H15ClN2. The monoisotopic (exact) mass is 222 g/mol. The third kappa shape index (κ3) is 1.24. The number of benzene rings is 1. The zero-order valence-electron chi connectivity index (χ0n) is 8.89. The summed E-state index contributed by atoms with van der Waals surface area (Å²) in [6, 6.07) is 6.10. The molecule has 0 bridgehead atoms. The first-order chi connectivity index (χ1) is 7.27. The number of fused-ring (bicyclic) bond motifs is 1. The van der Waals surface area contributed by atoms with Crippen LogP contribution in [0.15, 0.2) is 18.2 Å². The lowest BCUT2D eigenvalue weighted by molar-refractivity contribution is 0.606. The summed E-state index contributed by atoms with van der Waals surface area (Å²) in [7, 11) is 0. The second kappa shape index (κ2) is 3.05. The molecule has 0 atom stereocenters. The van der Waals surface area contributed by atoms with Gasteiger partial charge in [-0.2, -0.15) is 0 Å². The predicted octanol–water partition coefficient (Wildman–Crippen LogP) is 3.12. The number of nitrogens with one attached hydrogen (secondary N) is 1. The minimum absolute atomic E-state index is 0.368. The molecule has 0 unspecified atom stereocenters. The van der Waals surface area contributed by atoms with Crippen molar-refractivity contribution in [3.8, 4) is 0 Å². The van der Waals surface area contributed by atoms with Crippen LogP contribution in [0, 0.1) is 0 Å². The summed E-state index contributed by atoms with van der Waals surface area (Å²) in [6.07, 6.45) is 2.58. The zero-order chi connectivity index (χ0) is 10.5. The van der Waals surface area contributed by atoms with Crippen LogP contribution in [0.1, 0.15) is 19.8 Å². The van der Waals surface area contributed by atoms with Crippen molar-refractivity contribution in [1.29, 1.82) is 0 Å². The molecule has 1 aromatic rings. The van der Waals surface area contributed by atoms with Crippen LogP contribution >= 0.6 is 11.6 Å². The van der Waals surface area contributed by atoms with Crippen molar-refractivity contribution in [2.24, 2.45) is 0 Å². The van der Waals surface area contributed by atoms with E-state index < -0.39 is 0 Å². The average molecular weight is 223 g/mol. The Morgan fingerprint density at radius 2 is 2.27 bits per heavy atom. The van der Waals surface area contributed by atoms with Crippen LogP contribution in [0.4, 0.5) is 11.4 Å². The van der Waals surface area contributed by atoms with Gasteiger partial charge in [-0.25, -0.2) is 0 Å². The summed E-state index contributed by atoms with van der Waals surface area (Å²) in [5, 5.41) is 4.36. The number of likely N-dealkylation sites (N-methyl/N-ethyl adjacent to an activating group) is 1. The van der Waals surface area contributed by atoms with Crippen molar-refractivity contribution in [2.45, 2.75) is 25.3 Å². The first kappa shape index (κ1) is 9.34. The van der Waals surface area contributed by atoms with Crippen LogP contribution in [0.25, 0.3) is 0 Å². The van der Waals surface area contributed by atoms with Gasteiger partial charge in [-0.1, -0.05) is 17.7 Å². The van der Waals surface area contributed by atoms with Crippen molar-refractivity contribution >= 4 is 23.0 Å². The highest BCUT2D eigenvalue weighted by molar-refractivity contribution is 6.34. The van der Waals surface area contributed by atoms with Gasteiger partial charge in [0.25, 0.3) is 0 Å². The molecule has 1 aromatic carbocycles. The SMILES string of the molecule is CCN1c2c(Cl)cccc2NCC12CC2. The summed E-state index contributed by atoms with van der Waals surface area (Å²) in [5.74, 6) is 0. The Morgan fingerprint density at radius 1 is 1.47 bits per heavy atom. The number of para-hydroxylation sites is 1. The first-order valence-electron chi connectivity index (χ1n) is 5.57. The van der Waals surface area contributed by atoms with Crippen LogP contribution in [0.5, 0.6) is 0 Å². The lowest BCUT2D eigenvalue weighted by Crippen LogP contribution is -2.46. The van der Waals surface area contributed by atoms with Crippen molar-refractivity contribution in [2.75, 3.05) is 23.3 Å². The van der Waals surface area contributed by atoms with Crippen molar-refractivity contribution < 1.29 is 0 Å². The number of hydrogen-bond acceptors (Lipinski definition) is 2. The van der Waals surface area contributed by atoms with E-state index in [2.05, 4.69) is 23.2 Å². The quantitative estimate of drug-likeness (QED) is 0.786. The van der Waals surface area contributed by atoms with Gasteiger partial charge in [-0.15, -0.1) is 0 Å². The standard InChI is InChI=1S/C12H15ClN2/c1-2-15-11-9(13)4-3-5-10(11)14-8-12(15)6-7-12/h3-5,14H,2,6-8H2,1H3. The Kier molecular flexibility index (Phi) is 1.90. The Hall–Kier alpha value is -0.890. The molecule has 1 fully saturated rings. The second-order valence-corrected chi connectivity index (χ2v) is 4.87. The molecule has 1 spiro atoms. The maximum absolute atomic E-state index is 6.29. The van der Waals surface area contributed by atoms with Crippen LogP contribution in [-0.2, 0) is 0 Å². The maximum atomic E-state index is 6.29. The van der Waals surface area contributed by atoms with Crippen LogP contribution in [0.3, 0.4) is 0 Å². The normalized spacial score (nSPS) is 21.1. The van der Waals surface area contributed by atoms with Gasteiger partial charge in [0.15, 0.2) is 0 Å². The zero-order valence-corrected chi connectivity index (χ0v) is 9.64. The number of halogens is 1. The Labute approximate surface area is 95.2 Å². The van der Waals surface area contributed by atoms with E-state index in [1.807, 2.05) is 12.1 Å². The summed E-state index contributed by atoms with van der Waals surface area (Å²) in [6.45, 7) is 4.31. The molecule has 1 saturated carbocycles.